The molecule has 0 amide bonds. The lowest BCUT2D eigenvalue weighted by Gasteiger charge is -2.53. The summed E-state index contributed by atoms with van der Waals surface area (Å²) in [4.78, 5) is 12.2. The molecule has 0 spiro atoms. The third-order valence-electron chi connectivity index (χ3n) is 9.05. The molecule has 4 rings (SSSR count). The van der Waals surface area contributed by atoms with E-state index >= 15 is 0 Å². The number of aldehydes is 1. The lowest BCUT2D eigenvalue weighted by Crippen LogP contribution is -2.56. The smallest absolute Gasteiger partial charge is 0.186 e. The summed E-state index contributed by atoms with van der Waals surface area (Å²) in [7, 11) is 0. The van der Waals surface area contributed by atoms with Crippen molar-refractivity contribution in [3.05, 3.63) is 22.8 Å². The molecule has 34 heavy (non-hydrogen) atoms. The van der Waals surface area contributed by atoms with Gasteiger partial charge in [0.05, 0.1) is 18.8 Å². The van der Waals surface area contributed by atoms with Crippen molar-refractivity contribution in [2.75, 3.05) is 13.2 Å². The van der Waals surface area contributed by atoms with Gasteiger partial charge in [-0.25, -0.2) is 0 Å². The third kappa shape index (κ3) is 4.33. The fourth-order valence-corrected chi connectivity index (χ4v) is 6.89. The van der Waals surface area contributed by atoms with Crippen molar-refractivity contribution in [3.63, 3.8) is 0 Å². The zero-order valence-electron chi connectivity index (χ0n) is 21.2. The maximum Gasteiger partial charge on any atom is 0.186 e. The van der Waals surface area contributed by atoms with Crippen LogP contribution < -0.4 is 0 Å². The van der Waals surface area contributed by atoms with Crippen LogP contribution in [0, 0.1) is 22.7 Å². The minimum absolute atomic E-state index is 0.123. The molecule has 1 saturated carbocycles. The van der Waals surface area contributed by atoms with Crippen LogP contribution in [-0.4, -0.2) is 71.6 Å². The Kier molecular flexibility index (Phi) is 7.45. The van der Waals surface area contributed by atoms with Crippen molar-refractivity contribution >= 4 is 6.29 Å². The van der Waals surface area contributed by atoms with Crippen molar-refractivity contribution in [3.8, 4) is 0 Å². The largest absolute Gasteiger partial charge is 0.388 e. The quantitative estimate of drug-likeness (QED) is 0.398. The van der Waals surface area contributed by atoms with E-state index in [2.05, 4.69) is 27.7 Å². The van der Waals surface area contributed by atoms with Crippen LogP contribution in [-0.2, 0) is 19.0 Å². The van der Waals surface area contributed by atoms with Crippen LogP contribution >= 0.6 is 0 Å². The number of allylic oxidation sites excluding steroid dienone is 2. The van der Waals surface area contributed by atoms with E-state index in [9.17, 15) is 20.1 Å². The van der Waals surface area contributed by atoms with Gasteiger partial charge in [0, 0.05) is 17.6 Å². The predicted octanol–water partition coefficient (Wildman–Crippen LogP) is 2.91. The topological polar surface area (TPSA) is 105 Å². The fraction of sp³-hybridized carbons (Fsp3) is 0.815. The molecule has 7 heteroatoms. The number of ether oxygens (including phenoxy) is 3. The number of fused-ring (bicyclic) bond motifs is 3. The van der Waals surface area contributed by atoms with Gasteiger partial charge >= 0.3 is 0 Å². The molecule has 1 heterocycles. The van der Waals surface area contributed by atoms with Crippen molar-refractivity contribution in [1.82, 2.24) is 0 Å². The van der Waals surface area contributed by atoms with Gasteiger partial charge in [0.2, 0.25) is 0 Å². The van der Waals surface area contributed by atoms with Gasteiger partial charge in [0.15, 0.2) is 6.29 Å². The first kappa shape index (κ1) is 26.0. The standard InChI is InChI=1S/C27H42O7/c1-6-32-20-12-18-22-17(15(2)3)7-8-26(22,4)9-10-27(18,5)21(11-16(20)13-28)34-25-24(31)23(30)19(29)14-33-25/h11,13,15,18-21,23-25,29-31H,6-10,12,14H2,1-5H3. The predicted molar refractivity (Wildman–Crippen MR) is 127 cm³/mol. The Balaban J connectivity index is 1.78. The van der Waals surface area contributed by atoms with E-state index in [0.29, 0.717) is 24.5 Å². The number of aliphatic hydroxyl groups excluding tert-OH is 3. The Morgan fingerprint density at radius 1 is 1.18 bits per heavy atom. The second kappa shape index (κ2) is 9.75. The molecule has 0 aromatic carbocycles. The number of carbonyl (C=O) groups is 1. The molecule has 3 aliphatic carbocycles. The van der Waals surface area contributed by atoms with Crippen LogP contribution in [0.1, 0.15) is 66.7 Å². The van der Waals surface area contributed by atoms with Crippen molar-refractivity contribution in [2.45, 2.75) is 104 Å². The lowest BCUT2D eigenvalue weighted by atomic mass is 9.54. The second-order valence-corrected chi connectivity index (χ2v) is 11.5. The molecule has 9 atom stereocenters. The highest BCUT2D eigenvalue weighted by atomic mass is 16.7. The van der Waals surface area contributed by atoms with Crippen LogP contribution in [0.15, 0.2) is 22.8 Å². The van der Waals surface area contributed by atoms with Gasteiger partial charge in [0.25, 0.3) is 0 Å². The summed E-state index contributed by atoms with van der Waals surface area (Å²) >= 11 is 0. The van der Waals surface area contributed by atoms with Crippen LogP contribution in [0.2, 0.25) is 0 Å². The van der Waals surface area contributed by atoms with E-state index in [4.69, 9.17) is 14.2 Å². The molecule has 0 aromatic heterocycles. The molecule has 1 saturated heterocycles. The number of hydrogen-bond acceptors (Lipinski definition) is 7. The van der Waals surface area contributed by atoms with Gasteiger partial charge in [-0.1, -0.05) is 38.8 Å². The monoisotopic (exact) mass is 478 g/mol. The Bertz CT molecular complexity index is 835. The van der Waals surface area contributed by atoms with Gasteiger partial charge in [-0.15, -0.1) is 0 Å². The van der Waals surface area contributed by atoms with E-state index in [1.165, 1.54) is 11.1 Å². The van der Waals surface area contributed by atoms with E-state index in [-0.39, 0.29) is 29.5 Å². The molecule has 192 valence electrons. The maximum absolute atomic E-state index is 12.2. The van der Waals surface area contributed by atoms with E-state index in [0.717, 1.165) is 32.0 Å². The molecule has 0 bridgehead atoms. The SMILES string of the molecule is CCOC1CC2C3=C(C(C)C)CCC3(C)CCC2(C)C(OC2OCC(O)C(O)C2O)C=C1C=O. The first-order valence-electron chi connectivity index (χ1n) is 12.9. The molecule has 3 N–H and O–H groups in total. The zero-order chi connectivity index (χ0) is 24.8. The van der Waals surface area contributed by atoms with Crippen LogP contribution in [0.25, 0.3) is 0 Å². The summed E-state index contributed by atoms with van der Waals surface area (Å²) in [5, 5.41) is 30.6. The third-order valence-corrected chi connectivity index (χ3v) is 9.05. The Morgan fingerprint density at radius 3 is 2.56 bits per heavy atom. The Labute approximate surface area is 203 Å². The lowest BCUT2D eigenvalue weighted by molar-refractivity contribution is -0.289. The molecule has 9 unspecified atom stereocenters. The van der Waals surface area contributed by atoms with Crippen LogP contribution in [0.4, 0.5) is 0 Å². The molecule has 0 radical (unpaired) electrons. The van der Waals surface area contributed by atoms with Gasteiger partial charge < -0.3 is 29.5 Å². The van der Waals surface area contributed by atoms with Crippen molar-refractivity contribution in [1.29, 1.82) is 0 Å². The van der Waals surface area contributed by atoms with Crippen LogP contribution in [0.5, 0.6) is 0 Å². The highest BCUT2D eigenvalue weighted by Crippen LogP contribution is 2.63. The van der Waals surface area contributed by atoms with Gasteiger partial charge in [0.1, 0.15) is 24.6 Å². The average molecular weight is 479 g/mol. The number of hydrogen-bond donors (Lipinski definition) is 3. The average Bonchev–Trinajstić information content (AvgIpc) is 3.10. The zero-order valence-corrected chi connectivity index (χ0v) is 21.2. The van der Waals surface area contributed by atoms with Crippen molar-refractivity contribution in [2.24, 2.45) is 22.7 Å². The minimum Gasteiger partial charge on any atom is -0.388 e. The summed E-state index contributed by atoms with van der Waals surface area (Å²) < 4.78 is 18.1. The molecule has 0 aromatic rings. The molecule has 7 nitrogen and oxygen atoms in total. The Hall–Kier alpha value is -1.09. The first-order chi connectivity index (χ1) is 16.1. The maximum atomic E-state index is 12.2. The highest BCUT2D eigenvalue weighted by molar-refractivity contribution is 5.75. The van der Waals surface area contributed by atoms with Crippen LogP contribution in [0.3, 0.4) is 0 Å². The molecule has 1 aliphatic heterocycles. The molecule has 4 aliphatic rings. The van der Waals surface area contributed by atoms with Crippen molar-refractivity contribution < 1.29 is 34.3 Å². The fourth-order valence-electron chi connectivity index (χ4n) is 6.89. The summed E-state index contributed by atoms with van der Waals surface area (Å²) in [6.45, 7) is 11.5. The second-order valence-electron chi connectivity index (χ2n) is 11.5. The molecular formula is C27H42O7. The Morgan fingerprint density at radius 2 is 1.91 bits per heavy atom. The van der Waals surface area contributed by atoms with Gasteiger partial charge in [-0.3, -0.25) is 4.79 Å². The normalized spacial score (nSPS) is 45.0. The highest BCUT2D eigenvalue weighted by Gasteiger charge is 2.57. The van der Waals surface area contributed by atoms with E-state index < -0.39 is 30.7 Å². The van der Waals surface area contributed by atoms with Gasteiger partial charge in [-0.2, -0.15) is 0 Å². The summed E-state index contributed by atoms with van der Waals surface area (Å²) in [6.07, 6.45) is 1.79. The molecule has 2 fully saturated rings. The van der Waals surface area contributed by atoms with Gasteiger partial charge in [-0.05, 0) is 62.4 Å². The van der Waals surface area contributed by atoms with E-state index in [1.807, 2.05) is 13.0 Å². The number of rotatable bonds is 6. The number of aliphatic hydroxyl groups is 3. The van der Waals surface area contributed by atoms with E-state index in [1.54, 1.807) is 0 Å². The first-order valence-corrected chi connectivity index (χ1v) is 12.9. The summed E-state index contributed by atoms with van der Waals surface area (Å²) in [5.41, 5.74) is 3.38. The summed E-state index contributed by atoms with van der Waals surface area (Å²) in [6, 6.07) is 0. The minimum atomic E-state index is -1.38. The summed E-state index contributed by atoms with van der Waals surface area (Å²) in [5.74, 6) is 0.601. The molecular weight excluding hydrogens is 436 g/mol. The number of carbonyl (C=O) groups excluding carboxylic acids is 1.